The van der Waals surface area contributed by atoms with Gasteiger partial charge in [0, 0.05) is 32.4 Å². The molecule has 0 spiro atoms. The zero-order chi connectivity index (χ0) is 15.3. The molecule has 1 atom stereocenters. The van der Waals surface area contributed by atoms with Crippen molar-refractivity contribution in [3.05, 3.63) is 24.3 Å². The van der Waals surface area contributed by atoms with Crippen molar-refractivity contribution in [2.45, 2.75) is 26.8 Å². The molecule has 2 amide bonds. The second kappa shape index (κ2) is 6.93. The van der Waals surface area contributed by atoms with E-state index in [-0.39, 0.29) is 17.7 Å². The van der Waals surface area contributed by atoms with Crippen molar-refractivity contribution in [1.82, 2.24) is 5.32 Å². The Labute approximate surface area is 120 Å². The van der Waals surface area contributed by atoms with Gasteiger partial charge >= 0.3 is 0 Å². The molecule has 20 heavy (non-hydrogen) atoms. The molecule has 2 N–H and O–H groups in total. The van der Waals surface area contributed by atoms with E-state index < -0.39 is 6.04 Å². The zero-order valence-electron chi connectivity index (χ0n) is 12.7. The predicted octanol–water partition coefficient (Wildman–Crippen LogP) is 1.85. The summed E-state index contributed by atoms with van der Waals surface area (Å²) in [6.07, 6.45) is 0. The summed E-state index contributed by atoms with van der Waals surface area (Å²) < 4.78 is 0. The summed E-state index contributed by atoms with van der Waals surface area (Å²) >= 11 is 0. The van der Waals surface area contributed by atoms with Crippen molar-refractivity contribution < 1.29 is 9.59 Å². The van der Waals surface area contributed by atoms with Crippen LogP contribution >= 0.6 is 0 Å². The molecule has 0 aliphatic rings. The van der Waals surface area contributed by atoms with Crippen molar-refractivity contribution in [2.24, 2.45) is 5.92 Å². The Hall–Kier alpha value is -2.04. The third kappa shape index (κ3) is 4.57. The quantitative estimate of drug-likeness (QED) is 0.863. The van der Waals surface area contributed by atoms with E-state index in [0.717, 1.165) is 11.4 Å². The topological polar surface area (TPSA) is 61.4 Å². The average Bonchev–Trinajstić information content (AvgIpc) is 2.35. The van der Waals surface area contributed by atoms with Crippen LogP contribution in [0.15, 0.2) is 24.3 Å². The van der Waals surface area contributed by atoms with Crippen molar-refractivity contribution in [1.29, 1.82) is 0 Å². The number of amides is 2. The first-order valence-corrected chi connectivity index (χ1v) is 6.66. The van der Waals surface area contributed by atoms with E-state index in [4.69, 9.17) is 0 Å². The monoisotopic (exact) mass is 277 g/mol. The Morgan fingerprint density at radius 1 is 1.10 bits per heavy atom. The summed E-state index contributed by atoms with van der Waals surface area (Å²) in [5, 5.41) is 5.49. The molecule has 110 valence electrons. The van der Waals surface area contributed by atoms with Crippen molar-refractivity contribution in [2.75, 3.05) is 24.3 Å². The van der Waals surface area contributed by atoms with Gasteiger partial charge < -0.3 is 15.5 Å². The Morgan fingerprint density at radius 3 is 2.05 bits per heavy atom. The van der Waals surface area contributed by atoms with Gasteiger partial charge in [0.1, 0.15) is 6.04 Å². The van der Waals surface area contributed by atoms with Crippen LogP contribution in [0.3, 0.4) is 0 Å². The van der Waals surface area contributed by atoms with Gasteiger partial charge in [0.15, 0.2) is 0 Å². The summed E-state index contributed by atoms with van der Waals surface area (Å²) in [5.74, 6) is -0.380. The molecule has 0 aromatic heterocycles. The van der Waals surface area contributed by atoms with Crippen molar-refractivity contribution in [3.8, 4) is 0 Å². The highest BCUT2D eigenvalue weighted by Gasteiger charge is 2.22. The van der Waals surface area contributed by atoms with Crippen LogP contribution in [0.25, 0.3) is 0 Å². The van der Waals surface area contributed by atoms with E-state index in [1.165, 1.54) is 6.92 Å². The smallest absolute Gasteiger partial charge is 0.247 e. The maximum absolute atomic E-state index is 12.2. The largest absolute Gasteiger partial charge is 0.378 e. The molecule has 5 heteroatoms. The van der Waals surface area contributed by atoms with Gasteiger partial charge in [0.05, 0.1) is 0 Å². The van der Waals surface area contributed by atoms with Crippen molar-refractivity contribution >= 4 is 23.2 Å². The van der Waals surface area contributed by atoms with Gasteiger partial charge in [-0.1, -0.05) is 13.8 Å². The molecule has 0 heterocycles. The minimum absolute atomic E-state index is 0.0277. The minimum Gasteiger partial charge on any atom is -0.378 e. The van der Waals surface area contributed by atoms with E-state index in [0.29, 0.717) is 0 Å². The van der Waals surface area contributed by atoms with Gasteiger partial charge in [-0.25, -0.2) is 0 Å². The third-order valence-corrected chi connectivity index (χ3v) is 2.96. The number of carbonyl (C=O) groups is 2. The lowest BCUT2D eigenvalue weighted by atomic mass is 10.0. The molecule has 0 aliphatic carbocycles. The van der Waals surface area contributed by atoms with E-state index in [1.54, 1.807) is 0 Å². The van der Waals surface area contributed by atoms with Gasteiger partial charge in [-0.2, -0.15) is 0 Å². The molecular weight excluding hydrogens is 254 g/mol. The molecule has 0 radical (unpaired) electrons. The first kappa shape index (κ1) is 16.0. The van der Waals surface area contributed by atoms with E-state index >= 15 is 0 Å². The molecule has 0 bridgehead atoms. The number of benzene rings is 1. The van der Waals surface area contributed by atoms with Gasteiger partial charge in [0.25, 0.3) is 0 Å². The molecule has 1 aromatic carbocycles. The summed E-state index contributed by atoms with van der Waals surface area (Å²) in [6.45, 7) is 5.21. The first-order chi connectivity index (χ1) is 9.31. The first-order valence-electron chi connectivity index (χ1n) is 6.66. The van der Waals surface area contributed by atoms with Crippen LogP contribution < -0.4 is 15.5 Å². The molecule has 0 unspecified atom stereocenters. The molecule has 0 saturated carbocycles. The molecule has 0 fully saturated rings. The molecular formula is C15H23N3O2. The Balaban J connectivity index is 2.75. The van der Waals surface area contributed by atoms with Crippen LogP contribution in [0, 0.1) is 5.92 Å². The molecule has 0 saturated heterocycles. The number of nitrogens with zero attached hydrogens (tertiary/aromatic N) is 1. The van der Waals surface area contributed by atoms with Crippen LogP contribution in [0.2, 0.25) is 0 Å². The SMILES string of the molecule is CC(=O)N[C@@H](C(=O)Nc1ccc(N(C)C)cc1)C(C)C. The van der Waals surface area contributed by atoms with Gasteiger partial charge in [-0.15, -0.1) is 0 Å². The Morgan fingerprint density at radius 2 is 1.65 bits per heavy atom. The summed E-state index contributed by atoms with van der Waals surface area (Å²) in [4.78, 5) is 25.3. The maximum atomic E-state index is 12.2. The molecule has 5 nitrogen and oxygen atoms in total. The standard InChI is InChI=1S/C15H23N3O2/c1-10(2)14(16-11(3)19)15(20)17-12-6-8-13(9-7-12)18(4)5/h6-10,14H,1-5H3,(H,16,19)(H,17,20)/t14-/m1/s1. The fraction of sp³-hybridized carbons (Fsp3) is 0.467. The highest BCUT2D eigenvalue weighted by molar-refractivity contribution is 5.97. The summed E-state index contributed by atoms with van der Waals surface area (Å²) in [5.41, 5.74) is 1.78. The van der Waals surface area contributed by atoms with Gasteiger partial charge in [0.2, 0.25) is 11.8 Å². The average molecular weight is 277 g/mol. The van der Waals surface area contributed by atoms with Gasteiger partial charge in [-0.3, -0.25) is 9.59 Å². The van der Waals surface area contributed by atoms with Crippen molar-refractivity contribution in [3.63, 3.8) is 0 Å². The Kier molecular flexibility index (Phi) is 5.55. The minimum atomic E-state index is -0.527. The number of rotatable bonds is 5. The maximum Gasteiger partial charge on any atom is 0.247 e. The lowest BCUT2D eigenvalue weighted by Gasteiger charge is -2.21. The fourth-order valence-corrected chi connectivity index (χ4v) is 1.82. The highest BCUT2D eigenvalue weighted by Crippen LogP contribution is 2.16. The number of carbonyl (C=O) groups excluding carboxylic acids is 2. The van der Waals surface area contributed by atoms with Crippen LogP contribution in [-0.2, 0) is 9.59 Å². The van der Waals surface area contributed by atoms with Gasteiger partial charge in [-0.05, 0) is 30.2 Å². The second-order valence-electron chi connectivity index (χ2n) is 5.35. The van der Waals surface area contributed by atoms with E-state index in [1.807, 2.05) is 57.1 Å². The lowest BCUT2D eigenvalue weighted by molar-refractivity contribution is -0.126. The molecule has 1 aromatic rings. The molecule has 1 rings (SSSR count). The normalized spacial score (nSPS) is 11.9. The Bertz CT molecular complexity index is 467. The van der Waals surface area contributed by atoms with E-state index in [9.17, 15) is 9.59 Å². The number of anilines is 2. The number of hydrogen-bond donors (Lipinski definition) is 2. The summed E-state index contributed by atoms with van der Waals surface area (Å²) in [7, 11) is 3.92. The molecule has 0 aliphatic heterocycles. The third-order valence-electron chi connectivity index (χ3n) is 2.96. The van der Waals surface area contributed by atoms with Crippen LogP contribution in [0.4, 0.5) is 11.4 Å². The number of nitrogens with one attached hydrogen (secondary N) is 2. The highest BCUT2D eigenvalue weighted by atomic mass is 16.2. The van der Waals surface area contributed by atoms with Crippen LogP contribution in [0.5, 0.6) is 0 Å². The van der Waals surface area contributed by atoms with Crippen LogP contribution in [-0.4, -0.2) is 32.0 Å². The summed E-state index contributed by atoms with van der Waals surface area (Å²) in [6, 6.07) is 7.02. The lowest BCUT2D eigenvalue weighted by Crippen LogP contribution is -2.46. The van der Waals surface area contributed by atoms with E-state index in [2.05, 4.69) is 10.6 Å². The second-order valence-corrected chi connectivity index (χ2v) is 5.35. The fourth-order valence-electron chi connectivity index (χ4n) is 1.82. The number of hydrogen-bond acceptors (Lipinski definition) is 3. The zero-order valence-corrected chi connectivity index (χ0v) is 12.7. The van der Waals surface area contributed by atoms with Crippen LogP contribution in [0.1, 0.15) is 20.8 Å². The predicted molar refractivity (Wildman–Crippen MR) is 81.8 cm³/mol.